The van der Waals surface area contributed by atoms with E-state index in [0.717, 1.165) is 0 Å². The van der Waals surface area contributed by atoms with Crippen LogP contribution in [-0.2, 0) is 15.3 Å². The minimum Gasteiger partial charge on any atom is -0.378 e. The Morgan fingerprint density at radius 3 is 2.72 bits per heavy atom. The number of hydrogen-bond acceptors (Lipinski definition) is 4. The minimum absolute atomic E-state index is 0. The highest BCUT2D eigenvalue weighted by Crippen LogP contribution is 2.49. The number of hydrogen-bond donors (Lipinski definition) is 2. The van der Waals surface area contributed by atoms with Gasteiger partial charge < -0.3 is 15.8 Å². The van der Waals surface area contributed by atoms with Crippen LogP contribution in [-0.4, -0.2) is 36.5 Å². The third-order valence-corrected chi connectivity index (χ3v) is 5.99. The fourth-order valence-electron chi connectivity index (χ4n) is 3.01. The van der Waals surface area contributed by atoms with Crippen LogP contribution in [0.25, 0.3) is 0 Å². The summed E-state index contributed by atoms with van der Waals surface area (Å²) < 4.78 is 19.2. The van der Waals surface area contributed by atoms with Crippen LogP contribution in [0.15, 0.2) is 24.3 Å². The summed E-state index contributed by atoms with van der Waals surface area (Å²) in [7, 11) is 0. The SMILES string of the molecule is CCOC1CC(N)(C(=O)NCCSCc2ccccc2F)C1(C)C.Cl. The lowest BCUT2D eigenvalue weighted by atomic mass is 9.54. The van der Waals surface area contributed by atoms with Crippen molar-refractivity contribution in [3.8, 4) is 0 Å². The zero-order valence-electron chi connectivity index (χ0n) is 15.0. The van der Waals surface area contributed by atoms with Crippen LogP contribution in [0.3, 0.4) is 0 Å². The maximum absolute atomic E-state index is 13.5. The first-order valence-corrected chi connectivity index (χ1v) is 9.48. The molecule has 0 radical (unpaired) electrons. The van der Waals surface area contributed by atoms with E-state index < -0.39 is 5.54 Å². The Labute approximate surface area is 159 Å². The summed E-state index contributed by atoms with van der Waals surface area (Å²) >= 11 is 1.59. The molecular weight excluding hydrogens is 363 g/mol. The number of nitrogens with two attached hydrogens (primary N) is 1. The summed E-state index contributed by atoms with van der Waals surface area (Å²) in [6, 6.07) is 6.75. The van der Waals surface area contributed by atoms with E-state index >= 15 is 0 Å². The fraction of sp³-hybridized carbons (Fsp3) is 0.611. The molecule has 2 unspecified atom stereocenters. The molecule has 25 heavy (non-hydrogen) atoms. The van der Waals surface area contributed by atoms with E-state index in [1.807, 2.05) is 26.8 Å². The molecule has 0 heterocycles. The van der Waals surface area contributed by atoms with Crippen LogP contribution in [0, 0.1) is 11.2 Å². The quantitative estimate of drug-likeness (QED) is 0.669. The van der Waals surface area contributed by atoms with Crippen molar-refractivity contribution in [2.45, 2.75) is 44.6 Å². The molecule has 2 rings (SSSR count). The molecule has 0 aliphatic heterocycles. The second kappa shape index (κ2) is 9.21. The van der Waals surface area contributed by atoms with Crippen LogP contribution in [0.4, 0.5) is 4.39 Å². The van der Waals surface area contributed by atoms with E-state index in [1.165, 1.54) is 6.07 Å². The standard InChI is InChI=1S/C18H27FN2O2S.ClH/c1-4-23-15-11-18(20,17(15,2)3)16(22)21-9-10-24-12-13-7-5-6-8-14(13)19;/h5-8,15H,4,9-12,20H2,1-3H3,(H,21,22);1H. The molecule has 1 aliphatic carbocycles. The monoisotopic (exact) mass is 390 g/mol. The predicted molar refractivity (Wildman–Crippen MR) is 104 cm³/mol. The molecule has 0 aromatic heterocycles. The summed E-state index contributed by atoms with van der Waals surface area (Å²) in [6.07, 6.45) is 0.566. The molecule has 142 valence electrons. The lowest BCUT2D eigenvalue weighted by Gasteiger charge is -2.57. The van der Waals surface area contributed by atoms with Crippen molar-refractivity contribution in [1.82, 2.24) is 5.32 Å². The lowest BCUT2D eigenvalue weighted by molar-refractivity contribution is -0.170. The minimum atomic E-state index is -0.886. The van der Waals surface area contributed by atoms with Crippen molar-refractivity contribution in [3.63, 3.8) is 0 Å². The average molecular weight is 391 g/mol. The Morgan fingerprint density at radius 2 is 2.12 bits per heavy atom. The molecule has 1 amide bonds. The molecule has 0 spiro atoms. The van der Waals surface area contributed by atoms with Gasteiger partial charge in [-0.2, -0.15) is 11.8 Å². The lowest BCUT2D eigenvalue weighted by Crippen LogP contribution is -2.75. The molecule has 1 aromatic rings. The Balaban J connectivity index is 0.00000312. The van der Waals surface area contributed by atoms with Crippen LogP contribution >= 0.6 is 24.2 Å². The number of benzene rings is 1. The Morgan fingerprint density at radius 1 is 1.44 bits per heavy atom. The number of ether oxygens (including phenoxy) is 1. The van der Waals surface area contributed by atoms with E-state index in [1.54, 1.807) is 23.9 Å². The van der Waals surface area contributed by atoms with Crippen molar-refractivity contribution in [2.24, 2.45) is 11.1 Å². The van der Waals surface area contributed by atoms with Gasteiger partial charge >= 0.3 is 0 Å². The largest absolute Gasteiger partial charge is 0.378 e. The summed E-state index contributed by atoms with van der Waals surface area (Å²) in [5, 5.41) is 2.91. The highest BCUT2D eigenvalue weighted by molar-refractivity contribution is 7.98. The summed E-state index contributed by atoms with van der Waals surface area (Å²) in [6.45, 7) is 7.04. The van der Waals surface area contributed by atoms with Gasteiger partial charge in [0.2, 0.25) is 5.91 Å². The predicted octanol–water partition coefficient (Wildman–Crippen LogP) is 3.13. The number of halogens is 2. The van der Waals surface area contributed by atoms with Crippen LogP contribution in [0.1, 0.15) is 32.8 Å². The zero-order valence-corrected chi connectivity index (χ0v) is 16.6. The molecule has 3 N–H and O–H groups in total. The summed E-state index contributed by atoms with van der Waals surface area (Å²) in [5.41, 5.74) is 5.74. The smallest absolute Gasteiger partial charge is 0.240 e. The Bertz CT molecular complexity index is 588. The van der Waals surface area contributed by atoms with Gasteiger partial charge in [0.05, 0.1) is 6.10 Å². The Hall–Kier alpha value is -0.820. The second-order valence-electron chi connectivity index (χ2n) is 6.74. The van der Waals surface area contributed by atoms with E-state index in [9.17, 15) is 9.18 Å². The van der Waals surface area contributed by atoms with Crippen LogP contribution in [0.5, 0.6) is 0 Å². The molecule has 7 heteroatoms. The fourth-order valence-corrected chi connectivity index (χ4v) is 3.86. The average Bonchev–Trinajstić information content (AvgIpc) is 2.55. The van der Waals surface area contributed by atoms with Gasteiger partial charge in [0.1, 0.15) is 11.4 Å². The molecule has 1 fully saturated rings. The first-order chi connectivity index (χ1) is 11.3. The molecule has 0 bridgehead atoms. The Kier molecular flexibility index (Phi) is 8.19. The van der Waals surface area contributed by atoms with E-state index in [2.05, 4.69) is 5.32 Å². The third-order valence-electron chi connectivity index (χ3n) is 4.98. The van der Waals surface area contributed by atoms with Crippen molar-refractivity contribution >= 4 is 30.1 Å². The van der Waals surface area contributed by atoms with Gasteiger partial charge in [-0.3, -0.25) is 4.79 Å². The highest BCUT2D eigenvalue weighted by atomic mass is 35.5. The molecular formula is C18H28ClFN2O2S. The third kappa shape index (κ3) is 4.67. The number of thioether (sulfide) groups is 1. The van der Waals surface area contributed by atoms with Crippen molar-refractivity contribution in [2.75, 3.05) is 18.9 Å². The molecule has 2 atom stereocenters. The zero-order chi connectivity index (χ0) is 17.8. The number of nitrogens with one attached hydrogen (secondary N) is 1. The van der Waals surface area contributed by atoms with Gasteiger partial charge in [0, 0.05) is 36.5 Å². The maximum Gasteiger partial charge on any atom is 0.240 e. The van der Waals surface area contributed by atoms with Gasteiger partial charge in [-0.25, -0.2) is 4.39 Å². The molecule has 1 aromatic carbocycles. The van der Waals surface area contributed by atoms with Gasteiger partial charge in [-0.05, 0) is 18.6 Å². The second-order valence-corrected chi connectivity index (χ2v) is 7.85. The van der Waals surface area contributed by atoms with Gasteiger partial charge in [-0.15, -0.1) is 12.4 Å². The molecule has 4 nitrogen and oxygen atoms in total. The van der Waals surface area contributed by atoms with Crippen molar-refractivity contribution in [1.29, 1.82) is 0 Å². The van der Waals surface area contributed by atoms with Crippen molar-refractivity contribution in [3.05, 3.63) is 35.6 Å². The van der Waals surface area contributed by atoms with Crippen molar-refractivity contribution < 1.29 is 13.9 Å². The first-order valence-electron chi connectivity index (χ1n) is 8.33. The van der Waals surface area contributed by atoms with E-state index in [4.69, 9.17) is 10.5 Å². The number of amides is 1. The summed E-state index contributed by atoms with van der Waals surface area (Å²) in [5.74, 6) is 0.989. The maximum atomic E-state index is 13.5. The molecule has 1 saturated carbocycles. The number of carbonyl (C=O) groups is 1. The van der Waals surface area contributed by atoms with E-state index in [0.29, 0.717) is 36.6 Å². The number of rotatable bonds is 8. The topological polar surface area (TPSA) is 64.3 Å². The van der Waals surface area contributed by atoms with Crippen LogP contribution < -0.4 is 11.1 Å². The highest BCUT2D eigenvalue weighted by Gasteiger charge is 2.62. The molecule has 0 saturated heterocycles. The normalized spacial score (nSPS) is 24.1. The molecule has 1 aliphatic rings. The first kappa shape index (κ1) is 22.2. The van der Waals surface area contributed by atoms with Gasteiger partial charge in [0.15, 0.2) is 0 Å². The number of carbonyl (C=O) groups excluding carboxylic acids is 1. The van der Waals surface area contributed by atoms with Gasteiger partial charge in [-0.1, -0.05) is 32.0 Å². The van der Waals surface area contributed by atoms with E-state index in [-0.39, 0.29) is 35.7 Å². The van der Waals surface area contributed by atoms with Gasteiger partial charge in [0.25, 0.3) is 0 Å². The summed E-state index contributed by atoms with van der Waals surface area (Å²) in [4.78, 5) is 12.4. The van der Waals surface area contributed by atoms with Crippen LogP contribution in [0.2, 0.25) is 0 Å².